The van der Waals surface area contributed by atoms with Gasteiger partial charge in [-0.25, -0.2) is 4.99 Å². The van der Waals surface area contributed by atoms with Gasteiger partial charge in [0.25, 0.3) is 0 Å². The standard InChI is InChI=1S/C13H25NO/c1-5-7-8-11(6-2)9-12-14-13(3,4)10-15-12/h11H,5-10H2,1-4H3. The van der Waals surface area contributed by atoms with Gasteiger partial charge in [-0.2, -0.15) is 0 Å². The Kier molecular flexibility index (Phi) is 4.62. The molecule has 1 heterocycles. The third kappa shape index (κ3) is 4.23. The summed E-state index contributed by atoms with van der Waals surface area (Å²) in [6, 6.07) is 0. The number of nitrogens with zero attached hydrogens (tertiary/aromatic N) is 1. The van der Waals surface area contributed by atoms with Crippen LogP contribution in [0.1, 0.15) is 59.8 Å². The molecule has 0 fully saturated rings. The van der Waals surface area contributed by atoms with Crippen LogP contribution in [-0.4, -0.2) is 18.0 Å². The van der Waals surface area contributed by atoms with Crippen molar-refractivity contribution in [3.63, 3.8) is 0 Å². The Morgan fingerprint density at radius 1 is 1.40 bits per heavy atom. The summed E-state index contributed by atoms with van der Waals surface area (Å²) in [5, 5.41) is 0. The average Bonchev–Trinajstić information content (AvgIpc) is 2.52. The van der Waals surface area contributed by atoms with Crippen molar-refractivity contribution in [3.8, 4) is 0 Å². The first-order valence-corrected chi connectivity index (χ1v) is 6.29. The van der Waals surface area contributed by atoms with Crippen LogP contribution in [0.25, 0.3) is 0 Å². The number of hydrogen-bond acceptors (Lipinski definition) is 2. The normalized spacial score (nSPS) is 20.9. The van der Waals surface area contributed by atoms with E-state index < -0.39 is 0 Å². The van der Waals surface area contributed by atoms with Crippen molar-refractivity contribution in [2.24, 2.45) is 10.9 Å². The second-order valence-electron chi connectivity index (χ2n) is 5.23. The first-order chi connectivity index (χ1) is 7.07. The van der Waals surface area contributed by atoms with Crippen LogP contribution in [0, 0.1) is 5.92 Å². The monoisotopic (exact) mass is 211 g/mol. The molecule has 0 saturated heterocycles. The van der Waals surface area contributed by atoms with Crippen LogP contribution in [0.2, 0.25) is 0 Å². The zero-order valence-corrected chi connectivity index (χ0v) is 10.7. The molecule has 2 nitrogen and oxygen atoms in total. The van der Waals surface area contributed by atoms with Gasteiger partial charge in [0.2, 0.25) is 0 Å². The van der Waals surface area contributed by atoms with E-state index in [-0.39, 0.29) is 5.54 Å². The molecule has 0 N–H and O–H groups in total. The van der Waals surface area contributed by atoms with Crippen molar-refractivity contribution in [2.45, 2.75) is 65.3 Å². The lowest BCUT2D eigenvalue weighted by molar-refractivity contribution is 0.267. The van der Waals surface area contributed by atoms with E-state index in [1.54, 1.807) is 0 Å². The van der Waals surface area contributed by atoms with Crippen LogP contribution in [0.4, 0.5) is 0 Å². The Labute approximate surface area is 94.1 Å². The second kappa shape index (κ2) is 5.53. The van der Waals surface area contributed by atoms with E-state index in [0.717, 1.165) is 24.8 Å². The van der Waals surface area contributed by atoms with Gasteiger partial charge in [-0.05, 0) is 26.2 Å². The number of rotatable bonds is 6. The molecule has 15 heavy (non-hydrogen) atoms. The quantitative estimate of drug-likeness (QED) is 0.655. The minimum atomic E-state index is 0.0123. The van der Waals surface area contributed by atoms with E-state index in [1.807, 2.05) is 0 Å². The van der Waals surface area contributed by atoms with Gasteiger partial charge in [-0.15, -0.1) is 0 Å². The first kappa shape index (κ1) is 12.5. The summed E-state index contributed by atoms with van der Waals surface area (Å²) in [7, 11) is 0. The molecular weight excluding hydrogens is 186 g/mol. The third-order valence-electron chi connectivity index (χ3n) is 3.03. The molecular formula is C13H25NO. The number of unbranched alkanes of at least 4 members (excludes halogenated alkanes) is 1. The van der Waals surface area contributed by atoms with Crippen LogP contribution >= 0.6 is 0 Å². The predicted octanol–water partition coefficient (Wildman–Crippen LogP) is 3.80. The molecule has 88 valence electrons. The van der Waals surface area contributed by atoms with Crippen molar-refractivity contribution in [1.29, 1.82) is 0 Å². The molecule has 0 aromatic heterocycles. The molecule has 2 heteroatoms. The third-order valence-corrected chi connectivity index (χ3v) is 3.03. The summed E-state index contributed by atoms with van der Waals surface area (Å²) in [5.41, 5.74) is 0.0123. The fourth-order valence-corrected chi connectivity index (χ4v) is 1.96. The fraction of sp³-hybridized carbons (Fsp3) is 0.923. The van der Waals surface area contributed by atoms with Crippen molar-refractivity contribution in [2.75, 3.05) is 6.61 Å². The van der Waals surface area contributed by atoms with Gasteiger partial charge in [0, 0.05) is 6.42 Å². The molecule has 1 rings (SSSR count). The Bertz CT molecular complexity index is 221. The summed E-state index contributed by atoms with van der Waals surface area (Å²) in [6.07, 6.45) is 6.21. The van der Waals surface area contributed by atoms with E-state index in [2.05, 4.69) is 32.7 Å². The van der Waals surface area contributed by atoms with Gasteiger partial charge in [0.15, 0.2) is 5.90 Å². The van der Waals surface area contributed by atoms with E-state index in [4.69, 9.17) is 4.74 Å². The molecule has 1 aliphatic heterocycles. The zero-order valence-electron chi connectivity index (χ0n) is 10.7. The van der Waals surface area contributed by atoms with Crippen LogP contribution in [0.3, 0.4) is 0 Å². The lowest BCUT2D eigenvalue weighted by atomic mass is 9.96. The zero-order chi connectivity index (χ0) is 11.3. The minimum Gasteiger partial charge on any atom is -0.478 e. The molecule has 0 bridgehead atoms. The number of aliphatic imine (C=N–C) groups is 1. The summed E-state index contributed by atoms with van der Waals surface area (Å²) < 4.78 is 5.63. The van der Waals surface area contributed by atoms with Crippen molar-refractivity contribution in [1.82, 2.24) is 0 Å². The highest BCUT2D eigenvalue weighted by molar-refractivity contribution is 5.78. The summed E-state index contributed by atoms with van der Waals surface area (Å²) >= 11 is 0. The van der Waals surface area contributed by atoms with Crippen molar-refractivity contribution in [3.05, 3.63) is 0 Å². The maximum atomic E-state index is 5.63. The van der Waals surface area contributed by atoms with Crippen LogP contribution in [0.15, 0.2) is 4.99 Å². The second-order valence-corrected chi connectivity index (χ2v) is 5.23. The lowest BCUT2D eigenvalue weighted by Gasteiger charge is -2.13. The van der Waals surface area contributed by atoms with Gasteiger partial charge in [-0.3, -0.25) is 0 Å². The fourth-order valence-electron chi connectivity index (χ4n) is 1.96. The molecule has 0 aromatic rings. The van der Waals surface area contributed by atoms with Crippen LogP contribution in [0.5, 0.6) is 0 Å². The smallest absolute Gasteiger partial charge is 0.184 e. The van der Waals surface area contributed by atoms with Gasteiger partial charge in [-0.1, -0.05) is 33.1 Å². The van der Waals surface area contributed by atoms with Gasteiger partial charge in [0.1, 0.15) is 6.61 Å². The number of ether oxygens (including phenoxy) is 1. The maximum absolute atomic E-state index is 5.63. The van der Waals surface area contributed by atoms with E-state index in [9.17, 15) is 0 Å². The van der Waals surface area contributed by atoms with Gasteiger partial charge >= 0.3 is 0 Å². The van der Waals surface area contributed by atoms with Crippen LogP contribution < -0.4 is 0 Å². The molecule has 1 atom stereocenters. The molecule has 0 radical (unpaired) electrons. The predicted molar refractivity (Wildman–Crippen MR) is 65.4 cm³/mol. The highest BCUT2D eigenvalue weighted by atomic mass is 16.5. The number of hydrogen-bond donors (Lipinski definition) is 0. The highest BCUT2D eigenvalue weighted by Crippen LogP contribution is 2.23. The molecule has 1 unspecified atom stereocenters. The first-order valence-electron chi connectivity index (χ1n) is 6.29. The van der Waals surface area contributed by atoms with E-state index in [1.165, 1.54) is 25.7 Å². The maximum Gasteiger partial charge on any atom is 0.184 e. The van der Waals surface area contributed by atoms with E-state index in [0.29, 0.717) is 0 Å². The molecule has 0 amide bonds. The summed E-state index contributed by atoms with van der Waals surface area (Å²) in [5.74, 6) is 1.75. The topological polar surface area (TPSA) is 21.6 Å². The Hall–Kier alpha value is -0.530. The Morgan fingerprint density at radius 3 is 2.60 bits per heavy atom. The largest absolute Gasteiger partial charge is 0.478 e. The van der Waals surface area contributed by atoms with E-state index >= 15 is 0 Å². The average molecular weight is 211 g/mol. The molecule has 0 saturated carbocycles. The Balaban J connectivity index is 2.39. The summed E-state index contributed by atoms with van der Waals surface area (Å²) in [6.45, 7) is 9.53. The summed E-state index contributed by atoms with van der Waals surface area (Å²) in [4.78, 5) is 4.61. The van der Waals surface area contributed by atoms with Gasteiger partial charge in [0.05, 0.1) is 5.54 Å². The lowest BCUT2D eigenvalue weighted by Crippen LogP contribution is -2.17. The molecule has 0 spiro atoms. The SMILES string of the molecule is CCCCC(CC)CC1=NC(C)(C)CO1. The molecule has 1 aliphatic rings. The minimum absolute atomic E-state index is 0.0123. The highest BCUT2D eigenvalue weighted by Gasteiger charge is 2.27. The van der Waals surface area contributed by atoms with Crippen LogP contribution in [-0.2, 0) is 4.74 Å². The van der Waals surface area contributed by atoms with Crippen molar-refractivity contribution >= 4 is 5.90 Å². The van der Waals surface area contributed by atoms with Gasteiger partial charge < -0.3 is 4.74 Å². The molecule has 0 aromatic carbocycles. The van der Waals surface area contributed by atoms with Crippen molar-refractivity contribution < 1.29 is 4.74 Å². The Morgan fingerprint density at radius 2 is 2.13 bits per heavy atom. The molecule has 0 aliphatic carbocycles.